The van der Waals surface area contributed by atoms with Crippen LogP contribution in [0.4, 0.5) is 0 Å². The molecule has 1 saturated heterocycles. The Hall–Kier alpha value is -0.660. The Morgan fingerprint density at radius 3 is 2.63 bits per heavy atom. The molecule has 0 radical (unpaired) electrons. The Balaban J connectivity index is 2.14. The van der Waals surface area contributed by atoms with Crippen molar-refractivity contribution in [2.75, 3.05) is 27.2 Å². The minimum atomic E-state index is -0.405. The first-order chi connectivity index (χ1) is 8.97. The van der Waals surface area contributed by atoms with Crippen molar-refractivity contribution in [1.82, 2.24) is 9.80 Å². The summed E-state index contributed by atoms with van der Waals surface area (Å²) in [5.74, 6) is 0.0137. The van der Waals surface area contributed by atoms with Gasteiger partial charge in [-0.15, -0.1) is 0 Å². The van der Waals surface area contributed by atoms with E-state index in [0.29, 0.717) is 18.5 Å². The SMILES string of the molecule is CN(C)CC1CC(O)CN1C(=O)c1ccc(I)cc1. The minimum Gasteiger partial charge on any atom is -0.391 e. The quantitative estimate of drug-likeness (QED) is 0.815. The second kappa shape index (κ2) is 6.19. The highest BCUT2D eigenvalue weighted by atomic mass is 127. The lowest BCUT2D eigenvalue weighted by Crippen LogP contribution is -2.41. The zero-order chi connectivity index (χ0) is 14.0. The van der Waals surface area contributed by atoms with Gasteiger partial charge in [0.25, 0.3) is 5.91 Å². The van der Waals surface area contributed by atoms with E-state index in [1.807, 2.05) is 38.4 Å². The molecule has 2 atom stereocenters. The number of amides is 1. The van der Waals surface area contributed by atoms with Crippen LogP contribution in [-0.4, -0.2) is 60.1 Å². The molecule has 0 aromatic heterocycles. The van der Waals surface area contributed by atoms with Gasteiger partial charge in [-0.05, 0) is 67.4 Å². The lowest BCUT2D eigenvalue weighted by molar-refractivity contribution is 0.0699. The smallest absolute Gasteiger partial charge is 0.254 e. The Morgan fingerprint density at radius 1 is 1.42 bits per heavy atom. The Labute approximate surface area is 127 Å². The summed E-state index contributed by atoms with van der Waals surface area (Å²) in [5, 5.41) is 9.81. The molecule has 104 valence electrons. The van der Waals surface area contributed by atoms with Crippen molar-refractivity contribution in [3.8, 4) is 0 Å². The van der Waals surface area contributed by atoms with E-state index in [1.54, 1.807) is 4.90 Å². The van der Waals surface area contributed by atoms with E-state index in [0.717, 1.165) is 10.1 Å². The molecular weight excluding hydrogens is 355 g/mol. The molecule has 1 aliphatic rings. The number of carbonyl (C=O) groups excluding carboxylic acids is 1. The van der Waals surface area contributed by atoms with Gasteiger partial charge in [0, 0.05) is 28.3 Å². The number of rotatable bonds is 3. The van der Waals surface area contributed by atoms with Gasteiger partial charge < -0.3 is 14.9 Å². The van der Waals surface area contributed by atoms with Crippen LogP contribution in [0.5, 0.6) is 0 Å². The molecule has 1 N–H and O–H groups in total. The van der Waals surface area contributed by atoms with Crippen molar-refractivity contribution < 1.29 is 9.90 Å². The average Bonchev–Trinajstić information content (AvgIpc) is 2.69. The average molecular weight is 374 g/mol. The maximum atomic E-state index is 12.5. The molecule has 0 saturated carbocycles. The van der Waals surface area contributed by atoms with Crippen LogP contribution >= 0.6 is 22.6 Å². The highest BCUT2D eigenvalue weighted by Crippen LogP contribution is 2.21. The van der Waals surface area contributed by atoms with Crippen LogP contribution in [0.2, 0.25) is 0 Å². The number of hydrogen-bond acceptors (Lipinski definition) is 3. The van der Waals surface area contributed by atoms with E-state index in [4.69, 9.17) is 0 Å². The molecular formula is C14H19IN2O2. The van der Waals surface area contributed by atoms with Crippen molar-refractivity contribution in [2.24, 2.45) is 0 Å². The Bertz CT molecular complexity index is 447. The number of hydrogen-bond donors (Lipinski definition) is 1. The normalized spacial score (nSPS) is 23.1. The Kier molecular flexibility index (Phi) is 4.81. The lowest BCUT2D eigenvalue weighted by Gasteiger charge is -2.26. The predicted molar refractivity (Wildman–Crippen MR) is 83.2 cm³/mol. The first kappa shape index (κ1) is 14.7. The van der Waals surface area contributed by atoms with Crippen molar-refractivity contribution in [2.45, 2.75) is 18.6 Å². The van der Waals surface area contributed by atoms with Crippen LogP contribution in [0, 0.1) is 3.57 Å². The zero-order valence-electron chi connectivity index (χ0n) is 11.2. The Morgan fingerprint density at radius 2 is 2.05 bits per heavy atom. The van der Waals surface area contributed by atoms with Crippen molar-refractivity contribution in [1.29, 1.82) is 0 Å². The lowest BCUT2D eigenvalue weighted by atomic mass is 10.1. The van der Waals surface area contributed by atoms with Gasteiger partial charge in [-0.25, -0.2) is 0 Å². The number of nitrogens with zero attached hydrogens (tertiary/aromatic N) is 2. The van der Waals surface area contributed by atoms with E-state index in [9.17, 15) is 9.90 Å². The van der Waals surface area contributed by atoms with Gasteiger partial charge in [0.2, 0.25) is 0 Å². The molecule has 2 rings (SSSR count). The molecule has 1 aromatic carbocycles. The van der Waals surface area contributed by atoms with Gasteiger partial charge in [0.15, 0.2) is 0 Å². The summed E-state index contributed by atoms with van der Waals surface area (Å²) in [6.45, 7) is 1.22. The van der Waals surface area contributed by atoms with Crippen LogP contribution in [0.3, 0.4) is 0 Å². The molecule has 4 nitrogen and oxygen atoms in total. The highest BCUT2D eigenvalue weighted by molar-refractivity contribution is 14.1. The fraction of sp³-hybridized carbons (Fsp3) is 0.500. The summed E-state index contributed by atoms with van der Waals surface area (Å²) >= 11 is 2.22. The van der Waals surface area contributed by atoms with E-state index in [1.165, 1.54) is 0 Å². The standard InChI is InChI=1S/C14H19IN2O2/c1-16(2)8-12-7-13(18)9-17(12)14(19)10-3-5-11(15)6-4-10/h3-6,12-13,18H,7-9H2,1-2H3. The summed E-state index contributed by atoms with van der Waals surface area (Å²) in [6, 6.07) is 7.66. The molecule has 1 aromatic rings. The van der Waals surface area contributed by atoms with Gasteiger partial charge >= 0.3 is 0 Å². The van der Waals surface area contributed by atoms with Gasteiger partial charge in [0.1, 0.15) is 0 Å². The largest absolute Gasteiger partial charge is 0.391 e. The van der Waals surface area contributed by atoms with Crippen LogP contribution in [0.25, 0.3) is 0 Å². The number of aliphatic hydroxyl groups excluding tert-OH is 1. The van der Waals surface area contributed by atoms with Gasteiger partial charge in [-0.2, -0.15) is 0 Å². The highest BCUT2D eigenvalue weighted by Gasteiger charge is 2.34. The van der Waals surface area contributed by atoms with Crippen LogP contribution < -0.4 is 0 Å². The second-order valence-electron chi connectivity index (χ2n) is 5.27. The first-order valence-electron chi connectivity index (χ1n) is 6.36. The van der Waals surface area contributed by atoms with Gasteiger partial charge in [-0.3, -0.25) is 4.79 Å². The molecule has 1 fully saturated rings. The van der Waals surface area contributed by atoms with Crippen LogP contribution in [0.1, 0.15) is 16.8 Å². The minimum absolute atomic E-state index is 0.0137. The third-order valence-corrected chi connectivity index (χ3v) is 4.04. The van der Waals surface area contributed by atoms with E-state index < -0.39 is 6.10 Å². The molecule has 5 heteroatoms. The molecule has 2 unspecified atom stereocenters. The molecule has 1 heterocycles. The van der Waals surface area contributed by atoms with E-state index in [-0.39, 0.29) is 11.9 Å². The van der Waals surface area contributed by atoms with Crippen molar-refractivity contribution in [3.05, 3.63) is 33.4 Å². The number of carbonyl (C=O) groups is 1. The number of benzene rings is 1. The van der Waals surface area contributed by atoms with Crippen molar-refractivity contribution in [3.63, 3.8) is 0 Å². The molecule has 19 heavy (non-hydrogen) atoms. The maximum Gasteiger partial charge on any atom is 0.254 e. The second-order valence-corrected chi connectivity index (χ2v) is 6.52. The first-order valence-corrected chi connectivity index (χ1v) is 7.44. The molecule has 1 amide bonds. The summed E-state index contributed by atoms with van der Waals surface area (Å²) in [7, 11) is 3.97. The number of halogens is 1. The molecule has 0 spiro atoms. The van der Waals surface area contributed by atoms with E-state index >= 15 is 0 Å². The fourth-order valence-electron chi connectivity index (χ4n) is 2.49. The number of likely N-dealkylation sites (tertiary alicyclic amines) is 1. The van der Waals surface area contributed by atoms with E-state index in [2.05, 4.69) is 27.5 Å². The van der Waals surface area contributed by atoms with Gasteiger partial charge in [-0.1, -0.05) is 0 Å². The number of aliphatic hydroxyl groups is 1. The summed E-state index contributed by atoms with van der Waals surface area (Å²) in [5.41, 5.74) is 0.693. The van der Waals surface area contributed by atoms with Crippen LogP contribution in [0.15, 0.2) is 24.3 Å². The summed E-state index contributed by atoms with van der Waals surface area (Å²) in [4.78, 5) is 16.3. The summed E-state index contributed by atoms with van der Waals surface area (Å²) in [6.07, 6.45) is 0.256. The predicted octanol–water partition coefficient (Wildman–Crippen LogP) is 1.43. The number of β-amino-alcohol motifs (C(OH)–C–C–N with tert-alkyl or cyclic N) is 1. The van der Waals surface area contributed by atoms with Crippen LogP contribution in [-0.2, 0) is 0 Å². The third kappa shape index (κ3) is 3.67. The maximum absolute atomic E-state index is 12.5. The monoisotopic (exact) mass is 374 g/mol. The summed E-state index contributed by atoms with van der Waals surface area (Å²) < 4.78 is 1.11. The van der Waals surface area contributed by atoms with Gasteiger partial charge in [0.05, 0.1) is 6.10 Å². The molecule has 0 bridgehead atoms. The number of likely N-dealkylation sites (N-methyl/N-ethyl adjacent to an activating group) is 1. The molecule has 0 aliphatic carbocycles. The topological polar surface area (TPSA) is 43.8 Å². The zero-order valence-corrected chi connectivity index (χ0v) is 13.4. The third-order valence-electron chi connectivity index (χ3n) is 3.32. The van der Waals surface area contributed by atoms with Crippen molar-refractivity contribution >= 4 is 28.5 Å². The fourth-order valence-corrected chi connectivity index (χ4v) is 2.85. The molecule has 1 aliphatic heterocycles.